The highest BCUT2D eigenvalue weighted by atomic mass is 19.1. The number of hydrogen-bond donors (Lipinski definition) is 2. The summed E-state index contributed by atoms with van der Waals surface area (Å²) in [7, 11) is 0. The molecule has 1 rings (SSSR count). The highest BCUT2D eigenvalue weighted by Crippen LogP contribution is 2.11. The molecule has 0 amide bonds. The van der Waals surface area contributed by atoms with Crippen LogP contribution in [0.1, 0.15) is 17.5 Å². The molecule has 76 valence electrons. The van der Waals surface area contributed by atoms with E-state index in [1.54, 1.807) is 24.3 Å². The zero-order chi connectivity index (χ0) is 10.4. The number of halogens is 1. The van der Waals surface area contributed by atoms with E-state index in [1.165, 1.54) is 6.07 Å². The summed E-state index contributed by atoms with van der Waals surface area (Å²) in [6, 6.07) is 4.54. The van der Waals surface area contributed by atoms with Gasteiger partial charge >= 0.3 is 0 Å². The van der Waals surface area contributed by atoms with Crippen LogP contribution in [0.15, 0.2) is 24.3 Å². The van der Waals surface area contributed by atoms with Crippen molar-refractivity contribution in [3.8, 4) is 0 Å². The summed E-state index contributed by atoms with van der Waals surface area (Å²) >= 11 is 0. The Morgan fingerprint density at radius 3 is 2.71 bits per heavy atom. The van der Waals surface area contributed by atoms with Crippen LogP contribution in [0.25, 0.3) is 6.08 Å². The van der Waals surface area contributed by atoms with Crippen LogP contribution < -0.4 is 0 Å². The molecule has 0 atom stereocenters. The molecule has 0 unspecified atom stereocenters. The van der Waals surface area contributed by atoms with Crippen LogP contribution in [-0.2, 0) is 6.61 Å². The second kappa shape index (κ2) is 5.52. The lowest BCUT2D eigenvalue weighted by molar-refractivity contribution is 0.275. The standard InChI is InChI=1S/C11H13FO2/c12-11-5-4-9(3-1-2-6-13)7-10(11)8-14/h1,3-5,7,13-14H,2,6,8H2. The second-order valence-electron chi connectivity index (χ2n) is 2.92. The number of rotatable bonds is 4. The third kappa shape index (κ3) is 2.94. The molecule has 14 heavy (non-hydrogen) atoms. The summed E-state index contributed by atoms with van der Waals surface area (Å²) < 4.78 is 12.9. The molecular weight excluding hydrogens is 183 g/mol. The van der Waals surface area contributed by atoms with Gasteiger partial charge in [-0.25, -0.2) is 4.39 Å². The molecule has 3 heteroatoms. The first kappa shape index (κ1) is 10.9. The van der Waals surface area contributed by atoms with Crippen molar-refractivity contribution in [2.24, 2.45) is 0 Å². The van der Waals surface area contributed by atoms with Crippen LogP contribution in [0.3, 0.4) is 0 Å². The quantitative estimate of drug-likeness (QED) is 0.769. The van der Waals surface area contributed by atoms with E-state index in [4.69, 9.17) is 10.2 Å². The molecule has 0 saturated heterocycles. The largest absolute Gasteiger partial charge is 0.396 e. The van der Waals surface area contributed by atoms with Gasteiger partial charge in [0.15, 0.2) is 0 Å². The maximum absolute atomic E-state index is 12.9. The maximum atomic E-state index is 12.9. The Hall–Kier alpha value is -1.19. The Morgan fingerprint density at radius 1 is 1.29 bits per heavy atom. The summed E-state index contributed by atoms with van der Waals surface area (Å²) in [4.78, 5) is 0. The molecule has 0 radical (unpaired) electrons. The Kier molecular flexibility index (Phi) is 4.29. The van der Waals surface area contributed by atoms with Crippen molar-refractivity contribution in [1.82, 2.24) is 0 Å². The minimum absolute atomic E-state index is 0.102. The first-order chi connectivity index (χ1) is 6.77. The van der Waals surface area contributed by atoms with Gasteiger partial charge in [0.1, 0.15) is 5.82 Å². The third-order valence-electron chi connectivity index (χ3n) is 1.85. The molecule has 2 nitrogen and oxygen atoms in total. The molecule has 0 saturated carbocycles. The lowest BCUT2D eigenvalue weighted by Crippen LogP contribution is -1.89. The summed E-state index contributed by atoms with van der Waals surface area (Å²) in [5.41, 5.74) is 1.11. The summed E-state index contributed by atoms with van der Waals surface area (Å²) in [5, 5.41) is 17.3. The Balaban J connectivity index is 2.79. The molecule has 1 aromatic rings. The van der Waals surface area contributed by atoms with E-state index < -0.39 is 5.82 Å². The molecule has 2 N–H and O–H groups in total. The molecule has 0 aliphatic carbocycles. The molecule has 0 spiro atoms. The molecular formula is C11H13FO2. The minimum atomic E-state index is -0.396. The summed E-state index contributed by atoms with van der Waals surface area (Å²) in [5.74, 6) is -0.396. The molecule has 0 fully saturated rings. The van der Waals surface area contributed by atoms with Gasteiger partial charge in [-0.3, -0.25) is 0 Å². The lowest BCUT2D eigenvalue weighted by Gasteiger charge is -2.00. The van der Waals surface area contributed by atoms with Crippen LogP contribution in [-0.4, -0.2) is 16.8 Å². The van der Waals surface area contributed by atoms with Gasteiger partial charge in [0.2, 0.25) is 0 Å². The maximum Gasteiger partial charge on any atom is 0.128 e. The minimum Gasteiger partial charge on any atom is -0.396 e. The van der Waals surface area contributed by atoms with Crippen molar-refractivity contribution in [3.05, 3.63) is 41.2 Å². The van der Waals surface area contributed by atoms with Crippen molar-refractivity contribution >= 4 is 6.08 Å². The van der Waals surface area contributed by atoms with Gasteiger partial charge < -0.3 is 10.2 Å². The number of aliphatic hydroxyl groups is 2. The number of hydrogen-bond acceptors (Lipinski definition) is 2. The van der Waals surface area contributed by atoms with Crippen molar-refractivity contribution in [1.29, 1.82) is 0 Å². The number of aliphatic hydroxyl groups excluding tert-OH is 2. The average Bonchev–Trinajstić information content (AvgIpc) is 2.21. The fourth-order valence-corrected chi connectivity index (χ4v) is 1.11. The summed E-state index contributed by atoms with van der Waals surface area (Å²) in [6.45, 7) is -0.196. The highest BCUT2D eigenvalue weighted by Gasteiger charge is 1.99. The van der Waals surface area contributed by atoms with Crippen molar-refractivity contribution in [2.75, 3.05) is 6.61 Å². The van der Waals surface area contributed by atoms with Crippen LogP contribution in [0.2, 0.25) is 0 Å². The van der Waals surface area contributed by atoms with Gasteiger partial charge in [-0.05, 0) is 24.1 Å². The van der Waals surface area contributed by atoms with Gasteiger partial charge in [-0.2, -0.15) is 0 Å². The van der Waals surface area contributed by atoms with Crippen molar-refractivity contribution in [2.45, 2.75) is 13.0 Å². The second-order valence-corrected chi connectivity index (χ2v) is 2.92. The van der Waals surface area contributed by atoms with Crippen LogP contribution >= 0.6 is 0 Å². The molecule has 0 bridgehead atoms. The normalized spacial score (nSPS) is 11.1. The molecule has 0 aliphatic rings. The van der Waals surface area contributed by atoms with E-state index >= 15 is 0 Å². The van der Waals surface area contributed by atoms with Crippen molar-refractivity contribution < 1.29 is 14.6 Å². The van der Waals surface area contributed by atoms with Crippen LogP contribution in [0.5, 0.6) is 0 Å². The van der Waals surface area contributed by atoms with Crippen LogP contribution in [0, 0.1) is 5.82 Å². The fourth-order valence-electron chi connectivity index (χ4n) is 1.11. The molecule has 0 heterocycles. The van der Waals surface area contributed by atoms with E-state index in [0.717, 1.165) is 5.56 Å². The zero-order valence-electron chi connectivity index (χ0n) is 7.78. The Morgan fingerprint density at radius 2 is 2.07 bits per heavy atom. The molecule has 1 aromatic carbocycles. The first-order valence-electron chi connectivity index (χ1n) is 4.44. The lowest BCUT2D eigenvalue weighted by atomic mass is 10.1. The van der Waals surface area contributed by atoms with E-state index in [0.29, 0.717) is 6.42 Å². The third-order valence-corrected chi connectivity index (χ3v) is 1.85. The molecule has 0 aromatic heterocycles. The fraction of sp³-hybridized carbons (Fsp3) is 0.273. The first-order valence-corrected chi connectivity index (χ1v) is 4.44. The Bertz CT molecular complexity index is 321. The summed E-state index contributed by atoms with van der Waals surface area (Å²) in [6.07, 6.45) is 4.16. The van der Waals surface area contributed by atoms with E-state index in [-0.39, 0.29) is 18.8 Å². The monoisotopic (exact) mass is 196 g/mol. The zero-order valence-corrected chi connectivity index (χ0v) is 7.78. The average molecular weight is 196 g/mol. The van der Waals surface area contributed by atoms with E-state index in [1.807, 2.05) is 0 Å². The predicted molar refractivity (Wildman–Crippen MR) is 53.1 cm³/mol. The van der Waals surface area contributed by atoms with Crippen LogP contribution in [0.4, 0.5) is 4.39 Å². The Labute approximate surface area is 82.3 Å². The van der Waals surface area contributed by atoms with Gasteiger partial charge in [0.05, 0.1) is 6.61 Å². The van der Waals surface area contributed by atoms with Gasteiger partial charge in [0, 0.05) is 12.2 Å². The topological polar surface area (TPSA) is 40.5 Å². The van der Waals surface area contributed by atoms with Crippen molar-refractivity contribution in [3.63, 3.8) is 0 Å². The van der Waals surface area contributed by atoms with Gasteiger partial charge in [-0.15, -0.1) is 0 Å². The predicted octanol–water partition coefficient (Wildman–Crippen LogP) is 1.71. The van der Waals surface area contributed by atoms with Gasteiger partial charge in [-0.1, -0.05) is 18.2 Å². The number of benzene rings is 1. The molecule has 0 aliphatic heterocycles. The highest BCUT2D eigenvalue weighted by molar-refractivity contribution is 5.50. The smallest absolute Gasteiger partial charge is 0.128 e. The van der Waals surface area contributed by atoms with E-state index in [2.05, 4.69) is 0 Å². The van der Waals surface area contributed by atoms with E-state index in [9.17, 15) is 4.39 Å². The SMILES string of the molecule is OCCC=Cc1ccc(F)c(CO)c1. The van der Waals surface area contributed by atoms with Gasteiger partial charge in [0.25, 0.3) is 0 Å².